The third kappa shape index (κ3) is 2.56. The number of likely N-dealkylation sites (tertiary alicyclic amines) is 1. The van der Waals surface area contributed by atoms with E-state index in [-0.39, 0.29) is 0 Å². The Morgan fingerprint density at radius 3 is 2.56 bits per heavy atom. The van der Waals surface area contributed by atoms with Gasteiger partial charge in [-0.1, -0.05) is 24.6 Å². The van der Waals surface area contributed by atoms with Gasteiger partial charge in [-0.25, -0.2) is 0 Å². The highest BCUT2D eigenvalue weighted by Crippen LogP contribution is 2.11. The van der Waals surface area contributed by atoms with Gasteiger partial charge in [0.1, 0.15) is 0 Å². The Morgan fingerprint density at radius 2 is 1.78 bits per heavy atom. The summed E-state index contributed by atoms with van der Waals surface area (Å²) in [4.78, 5) is 4.00. The van der Waals surface area contributed by atoms with Gasteiger partial charge in [-0.05, 0) is 43.3 Å². The fourth-order valence-electron chi connectivity index (χ4n) is 2.29. The number of aromatic nitrogens is 4. The Morgan fingerprint density at radius 1 is 1.00 bits per heavy atom. The number of hydrogen-bond acceptors (Lipinski definition) is 4. The van der Waals surface area contributed by atoms with Crippen LogP contribution in [-0.4, -0.2) is 38.2 Å². The third-order valence-electron chi connectivity index (χ3n) is 3.26. The highest BCUT2D eigenvalue weighted by molar-refractivity contribution is 5.27. The van der Waals surface area contributed by atoms with Gasteiger partial charge < -0.3 is 0 Å². The van der Waals surface area contributed by atoms with E-state index in [4.69, 9.17) is 0 Å². The zero-order chi connectivity index (χ0) is 12.2. The summed E-state index contributed by atoms with van der Waals surface area (Å²) in [5.41, 5.74) is 0.954. The molecule has 1 fully saturated rings. The molecule has 0 spiro atoms. The van der Waals surface area contributed by atoms with Crippen molar-refractivity contribution >= 4 is 0 Å². The number of rotatable bonds is 3. The van der Waals surface area contributed by atoms with Crippen LogP contribution in [-0.2, 0) is 6.54 Å². The highest BCUT2D eigenvalue weighted by Gasteiger charge is 2.13. The summed E-state index contributed by atoms with van der Waals surface area (Å²) in [7, 11) is 0. The molecule has 0 bridgehead atoms. The smallest absolute Gasteiger partial charge is 0.189 e. The van der Waals surface area contributed by atoms with Gasteiger partial charge >= 0.3 is 0 Å². The monoisotopic (exact) mass is 243 g/mol. The molecule has 3 rings (SSSR count). The summed E-state index contributed by atoms with van der Waals surface area (Å²) in [5, 5.41) is 12.7. The number of nitrogens with zero attached hydrogens (tertiary/aromatic N) is 5. The molecule has 1 aromatic heterocycles. The molecule has 1 aliphatic heterocycles. The van der Waals surface area contributed by atoms with Crippen molar-refractivity contribution in [2.75, 3.05) is 13.1 Å². The van der Waals surface area contributed by atoms with E-state index in [0.29, 0.717) is 0 Å². The van der Waals surface area contributed by atoms with Crippen molar-refractivity contribution in [2.24, 2.45) is 0 Å². The van der Waals surface area contributed by atoms with E-state index >= 15 is 0 Å². The molecule has 0 radical (unpaired) electrons. The van der Waals surface area contributed by atoms with Gasteiger partial charge in [0.2, 0.25) is 0 Å². The van der Waals surface area contributed by atoms with Crippen molar-refractivity contribution in [3.05, 3.63) is 36.2 Å². The van der Waals surface area contributed by atoms with Crippen molar-refractivity contribution in [3.63, 3.8) is 0 Å². The van der Waals surface area contributed by atoms with Gasteiger partial charge in [0.25, 0.3) is 0 Å². The van der Waals surface area contributed by atoms with Crippen molar-refractivity contribution in [3.8, 4) is 5.69 Å². The molecule has 5 nitrogen and oxygen atoms in total. The summed E-state index contributed by atoms with van der Waals surface area (Å²) in [5.74, 6) is 0.806. The number of tetrazole rings is 1. The molecule has 94 valence electrons. The van der Waals surface area contributed by atoms with Crippen LogP contribution in [0.1, 0.15) is 25.1 Å². The van der Waals surface area contributed by atoms with E-state index in [9.17, 15) is 0 Å². The molecule has 0 saturated carbocycles. The molecule has 5 heteroatoms. The van der Waals surface area contributed by atoms with Gasteiger partial charge in [0.15, 0.2) is 5.82 Å². The highest BCUT2D eigenvalue weighted by atomic mass is 15.6. The van der Waals surface area contributed by atoms with Gasteiger partial charge in [0, 0.05) is 0 Å². The number of hydrogen-bond donors (Lipinski definition) is 0. The van der Waals surface area contributed by atoms with Crippen LogP contribution < -0.4 is 0 Å². The summed E-state index contributed by atoms with van der Waals surface area (Å²) >= 11 is 0. The van der Waals surface area contributed by atoms with E-state index in [1.165, 1.54) is 19.3 Å². The average molecular weight is 243 g/mol. The van der Waals surface area contributed by atoms with E-state index in [1.54, 1.807) is 4.80 Å². The predicted octanol–water partition coefficient (Wildman–Crippen LogP) is 1.65. The maximum Gasteiger partial charge on any atom is 0.189 e. The van der Waals surface area contributed by atoms with E-state index < -0.39 is 0 Å². The molecule has 0 aliphatic carbocycles. The molecule has 0 N–H and O–H groups in total. The Bertz CT molecular complexity index is 487. The van der Waals surface area contributed by atoms with Crippen LogP contribution >= 0.6 is 0 Å². The molecular weight excluding hydrogens is 226 g/mol. The van der Waals surface area contributed by atoms with Crippen LogP contribution in [0.2, 0.25) is 0 Å². The topological polar surface area (TPSA) is 46.8 Å². The van der Waals surface area contributed by atoms with Crippen LogP contribution in [0.25, 0.3) is 5.69 Å². The Labute approximate surface area is 106 Å². The first-order valence-corrected chi connectivity index (χ1v) is 6.48. The second-order valence-electron chi connectivity index (χ2n) is 4.67. The molecule has 0 unspecified atom stereocenters. The van der Waals surface area contributed by atoms with Gasteiger partial charge in [0.05, 0.1) is 12.2 Å². The number of para-hydroxylation sites is 1. The molecule has 0 atom stereocenters. The standard InChI is InChI=1S/C13H17N5/c1-3-7-12(8-4-1)18-15-13(14-16-18)11-17-9-5-2-6-10-17/h1,3-4,7-8H,2,5-6,9-11H2. The lowest BCUT2D eigenvalue weighted by Crippen LogP contribution is -2.29. The zero-order valence-corrected chi connectivity index (χ0v) is 10.4. The fourth-order valence-corrected chi connectivity index (χ4v) is 2.29. The predicted molar refractivity (Wildman–Crippen MR) is 68.3 cm³/mol. The lowest BCUT2D eigenvalue weighted by Gasteiger charge is -2.24. The van der Waals surface area contributed by atoms with Crippen molar-refractivity contribution in [1.29, 1.82) is 0 Å². The maximum atomic E-state index is 4.43. The first-order chi connectivity index (χ1) is 8.92. The Hall–Kier alpha value is -1.75. The molecule has 1 aromatic carbocycles. The second-order valence-corrected chi connectivity index (χ2v) is 4.67. The van der Waals surface area contributed by atoms with Gasteiger partial charge in [-0.15, -0.1) is 15.0 Å². The van der Waals surface area contributed by atoms with Crippen molar-refractivity contribution in [1.82, 2.24) is 25.1 Å². The summed E-state index contributed by atoms with van der Waals surface area (Å²) in [6.45, 7) is 3.12. The van der Waals surface area contributed by atoms with Crippen LogP contribution in [0.15, 0.2) is 30.3 Å². The van der Waals surface area contributed by atoms with Crippen LogP contribution in [0, 0.1) is 0 Å². The van der Waals surface area contributed by atoms with Crippen molar-refractivity contribution < 1.29 is 0 Å². The molecular formula is C13H17N5. The number of benzene rings is 1. The van der Waals surface area contributed by atoms with Crippen LogP contribution in [0.3, 0.4) is 0 Å². The van der Waals surface area contributed by atoms with Crippen LogP contribution in [0.5, 0.6) is 0 Å². The summed E-state index contributed by atoms with van der Waals surface area (Å²) < 4.78 is 0. The lowest BCUT2D eigenvalue weighted by molar-refractivity contribution is 0.216. The summed E-state index contributed by atoms with van der Waals surface area (Å²) in [6.07, 6.45) is 3.92. The minimum absolute atomic E-state index is 0.806. The van der Waals surface area contributed by atoms with Gasteiger partial charge in [-0.3, -0.25) is 4.90 Å². The zero-order valence-electron chi connectivity index (χ0n) is 10.4. The minimum atomic E-state index is 0.806. The quantitative estimate of drug-likeness (QED) is 0.822. The first-order valence-electron chi connectivity index (χ1n) is 6.48. The SMILES string of the molecule is c1ccc(-n2nnc(CN3CCCCC3)n2)cc1. The fraction of sp³-hybridized carbons (Fsp3) is 0.462. The van der Waals surface area contributed by atoms with Crippen molar-refractivity contribution in [2.45, 2.75) is 25.8 Å². The van der Waals surface area contributed by atoms with Gasteiger partial charge in [-0.2, -0.15) is 0 Å². The molecule has 2 aromatic rings. The largest absolute Gasteiger partial charge is 0.296 e. The van der Waals surface area contributed by atoms with E-state index in [1.807, 2.05) is 30.3 Å². The molecule has 1 aliphatic rings. The Balaban J connectivity index is 1.69. The first kappa shape index (κ1) is 11.3. The maximum absolute atomic E-state index is 4.43. The normalized spacial score (nSPS) is 16.9. The summed E-state index contributed by atoms with van der Waals surface area (Å²) in [6, 6.07) is 9.89. The molecule has 1 saturated heterocycles. The molecule has 2 heterocycles. The Kier molecular flexibility index (Phi) is 3.32. The number of piperidine rings is 1. The molecule has 18 heavy (non-hydrogen) atoms. The van der Waals surface area contributed by atoms with E-state index in [2.05, 4.69) is 20.3 Å². The third-order valence-corrected chi connectivity index (χ3v) is 3.26. The average Bonchev–Trinajstić information content (AvgIpc) is 2.89. The lowest BCUT2D eigenvalue weighted by atomic mass is 10.1. The minimum Gasteiger partial charge on any atom is -0.296 e. The van der Waals surface area contributed by atoms with Crippen LogP contribution in [0.4, 0.5) is 0 Å². The van der Waals surface area contributed by atoms with E-state index in [0.717, 1.165) is 31.1 Å². The second kappa shape index (κ2) is 5.27. The molecule has 0 amide bonds.